The van der Waals surface area contributed by atoms with Crippen molar-refractivity contribution in [3.63, 3.8) is 0 Å². The molecule has 0 fully saturated rings. The number of nitro groups is 1. The first-order valence-electron chi connectivity index (χ1n) is 10.7. The van der Waals surface area contributed by atoms with Crippen molar-refractivity contribution in [3.05, 3.63) is 106 Å². The lowest BCUT2D eigenvalue weighted by Crippen LogP contribution is -2.23. The minimum absolute atomic E-state index is 0.0579. The molecule has 0 radical (unpaired) electrons. The summed E-state index contributed by atoms with van der Waals surface area (Å²) < 4.78 is 1.32. The Balaban J connectivity index is 1.59. The second-order valence-electron chi connectivity index (χ2n) is 7.72. The van der Waals surface area contributed by atoms with Crippen LogP contribution in [0.5, 0.6) is 0 Å². The minimum atomic E-state index is -0.483. The molecule has 0 bridgehead atoms. The molecule has 3 aromatic carbocycles. The maximum absolute atomic E-state index is 13.2. The number of non-ortho nitro benzene ring substituents is 1. The van der Waals surface area contributed by atoms with Gasteiger partial charge in [-0.2, -0.15) is 9.78 Å². The number of nitrogens with zero attached hydrogens (tertiary/aromatic N) is 5. The van der Waals surface area contributed by atoms with Crippen LogP contribution in [-0.4, -0.2) is 31.7 Å². The molecule has 5 aromatic rings. The lowest BCUT2D eigenvalue weighted by atomic mass is 10.2. The van der Waals surface area contributed by atoms with E-state index in [-0.39, 0.29) is 17.1 Å². The zero-order valence-corrected chi connectivity index (χ0v) is 18.3. The number of carbonyl (C=O) groups excluding carboxylic acids is 1. The Hall–Kier alpha value is -5.12. The van der Waals surface area contributed by atoms with Gasteiger partial charge in [0.1, 0.15) is 16.9 Å². The number of amides is 1. The van der Waals surface area contributed by atoms with Crippen molar-refractivity contribution in [3.8, 4) is 0 Å². The summed E-state index contributed by atoms with van der Waals surface area (Å²) in [6.07, 6.45) is 1.42. The number of anilines is 1. The Morgan fingerprint density at radius 3 is 2.49 bits per heavy atom. The van der Waals surface area contributed by atoms with Gasteiger partial charge in [0.25, 0.3) is 11.6 Å². The minimum Gasteiger partial charge on any atom is -0.383 e. The number of para-hydroxylation sites is 2. The highest BCUT2D eigenvalue weighted by Gasteiger charge is 2.24. The first kappa shape index (κ1) is 21.7. The largest absolute Gasteiger partial charge is 0.383 e. The van der Waals surface area contributed by atoms with E-state index in [1.807, 2.05) is 42.5 Å². The van der Waals surface area contributed by atoms with Gasteiger partial charge in [-0.1, -0.05) is 54.6 Å². The van der Waals surface area contributed by atoms with Gasteiger partial charge in [0.15, 0.2) is 5.65 Å². The predicted molar refractivity (Wildman–Crippen MR) is 133 cm³/mol. The van der Waals surface area contributed by atoms with E-state index in [2.05, 4.69) is 20.4 Å². The molecule has 0 saturated heterocycles. The Labute approximate surface area is 198 Å². The summed E-state index contributed by atoms with van der Waals surface area (Å²) in [5.74, 6) is -0.354. The molecular formula is C25H19N7O3. The van der Waals surface area contributed by atoms with Crippen molar-refractivity contribution in [2.45, 2.75) is 6.54 Å². The number of benzene rings is 3. The maximum atomic E-state index is 13.2. The molecular weight excluding hydrogens is 446 g/mol. The first-order valence-corrected chi connectivity index (χ1v) is 10.7. The third kappa shape index (κ3) is 4.27. The van der Waals surface area contributed by atoms with Crippen LogP contribution in [0.25, 0.3) is 22.2 Å². The Kier molecular flexibility index (Phi) is 5.60. The molecule has 3 N–H and O–H groups in total. The molecule has 35 heavy (non-hydrogen) atoms. The van der Waals surface area contributed by atoms with Gasteiger partial charge in [-0.15, -0.1) is 0 Å². The van der Waals surface area contributed by atoms with E-state index in [0.717, 1.165) is 5.56 Å². The number of aromatic nitrogens is 3. The van der Waals surface area contributed by atoms with Gasteiger partial charge in [0, 0.05) is 24.2 Å². The quantitative estimate of drug-likeness (QED) is 0.221. The molecule has 0 aliphatic heterocycles. The summed E-state index contributed by atoms with van der Waals surface area (Å²) in [6, 6.07) is 22.8. The highest BCUT2D eigenvalue weighted by atomic mass is 16.6. The van der Waals surface area contributed by atoms with Gasteiger partial charge in [0.05, 0.1) is 22.2 Å². The normalized spacial score (nSPS) is 11.3. The Morgan fingerprint density at radius 1 is 1.03 bits per heavy atom. The van der Waals surface area contributed by atoms with E-state index in [9.17, 15) is 14.9 Å². The smallest absolute Gasteiger partial charge is 0.270 e. The van der Waals surface area contributed by atoms with Gasteiger partial charge in [-0.3, -0.25) is 14.9 Å². The van der Waals surface area contributed by atoms with Crippen LogP contribution < -0.4 is 11.1 Å². The van der Waals surface area contributed by atoms with Crippen molar-refractivity contribution in [2.75, 3.05) is 5.73 Å². The Morgan fingerprint density at radius 2 is 1.74 bits per heavy atom. The number of hydrogen-bond donors (Lipinski definition) is 2. The summed E-state index contributed by atoms with van der Waals surface area (Å²) in [5.41, 5.74) is 9.74. The molecule has 0 aliphatic rings. The van der Waals surface area contributed by atoms with E-state index in [0.29, 0.717) is 34.3 Å². The third-order valence-corrected chi connectivity index (χ3v) is 5.40. The Bertz CT molecular complexity index is 1610. The summed E-state index contributed by atoms with van der Waals surface area (Å²) >= 11 is 0. The number of fused-ring (bicyclic) bond motifs is 2. The van der Waals surface area contributed by atoms with Gasteiger partial charge in [0.2, 0.25) is 0 Å². The van der Waals surface area contributed by atoms with Crippen molar-refractivity contribution < 1.29 is 9.72 Å². The number of nitrogens with two attached hydrogens (primary N) is 1. The zero-order valence-electron chi connectivity index (χ0n) is 18.3. The SMILES string of the molecule is Nc1c(C(=O)NCc2ccccc2)c2nc3ccccc3nc2n1N=Cc1cccc([N+](=O)[O-])c1. The van der Waals surface area contributed by atoms with E-state index in [4.69, 9.17) is 5.73 Å². The van der Waals surface area contributed by atoms with E-state index in [1.54, 1.807) is 24.3 Å². The number of nitrogen functional groups attached to an aromatic ring is 1. The molecule has 0 unspecified atom stereocenters. The second kappa shape index (κ2) is 9.02. The molecule has 10 heteroatoms. The fourth-order valence-electron chi connectivity index (χ4n) is 3.70. The molecule has 0 atom stereocenters. The molecule has 172 valence electrons. The van der Waals surface area contributed by atoms with Crippen LogP contribution in [0.3, 0.4) is 0 Å². The van der Waals surface area contributed by atoms with E-state index >= 15 is 0 Å². The topological polar surface area (TPSA) is 141 Å². The highest BCUT2D eigenvalue weighted by molar-refractivity contribution is 6.10. The molecule has 0 spiro atoms. The number of nitro benzene ring substituents is 1. The van der Waals surface area contributed by atoms with Gasteiger partial charge in [-0.25, -0.2) is 9.97 Å². The van der Waals surface area contributed by atoms with E-state index < -0.39 is 10.8 Å². The van der Waals surface area contributed by atoms with Gasteiger partial charge in [-0.05, 0) is 17.7 Å². The molecule has 5 rings (SSSR count). The predicted octanol–water partition coefficient (Wildman–Crippen LogP) is 3.89. The second-order valence-corrected chi connectivity index (χ2v) is 7.72. The van der Waals surface area contributed by atoms with Crippen LogP contribution in [0.4, 0.5) is 11.5 Å². The fourth-order valence-corrected chi connectivity index (χ4v) is 3.70. The lowest BCUT2D eigenvalue weighted by molar-refractivity contribution is -0.384. The summed E-state index contributed by atoms with van der Waals surface area (Å²) in [5, 5.41) is 18.4. The third-order valence-electron chi connectivity index (χ3n) is 5.40. The maximum Gasteiger partial charge on any atom is 0.270 e. The van der Waals surface area contributed by atoms with Crippen molar-refractivity contribution >= 4 is 45.8 Å². The highest BCUT2D eigenvalue weighted by Crippen LogP contribution is 2.28. The number of rotatable bonds is 6. The van der Waals surface area contributed by atoms with Crippen LogP contribution in [0.2, 0.25) is 0 Å². The van der Waals surface area contributed by atoms with Crippen LogP contribution >= 0.6 is 0 Å². The van der Waals surface area contributed by atoms with Gasteiger partial charge >= 0.3 is 0 Å². The average molecular weight is 465 g/mol. The van der Waals surface area contributed by atoms with Gasteiger partial charge < -0.3 is 11.1 Å². The van der Waals surface area contributed by atoms with Crippen molar-refractivity contribution in [2.24, 2.45) is 5.10 Å². The van der Waals surface area contributed by atoms with E-state index in [1.165, 1.54) is 23.0 Å². The molecule has 2 heterocycles. The first-order chi connectivity index (χ1) is 17.0. The molecule has 0 aliphatic carbocycles. The fraction of sp³-hybridized carbons (Fsp3) is 0.0400. The van der Waals surface area contributed by atoms with Crippen LogP contribution in [0.15, 0.2) is 84.0 Å². The van der Waals surface area contributed by atoms with Crippen LogP contribution in [0, 0.1) is 10.1 Å². The summed E-state index contributed by atoms with van der Waals surface area (Å²) in [7, 11) is 0. The monoisotopic (exact) mass is 465 g/mol. The molecule has 1 amide bonds. The van der Waals surface area contributed by atoms with Crippen LogP contribution in [0.1, 0.15) is 21.5 Å². The van der Waals surface area contributed by atoms with Crippen molar-refractivity contribution in [1.82, 2.24) is 20.0 Å². The zero-order chi connectivity index (χ0) is 24.4. The molecule has 0 saturated carbocycles. The summed E-state index contributed by atoms with van der Waals surface area (Å²) in [4.78, 5) is 33.1. The molecule has 2 aromatic heterocycles. The van der Waals surface area contributed by atoms with Crippen molar-refractivity contribution in [1.29, 1.82) is 0 Å². The average Bonchev–Trinajstić information content (AvgIpc) is 3.15. The number of nitrogens with one attached hydrogen (secondary N) is 1. The standard InChI is InChI=1S/C25H19N7O3/c26-23-21(25(33)27-14-16-7-2-1-3-8-16)22-24(30-20-12-5-4-11-19(20)29-22)31(23)28-15-17-9-6-10-18(13-17)32(34)35/h1-13,15H,14,26H2,(H,27,33). The lowest BCUT2D eigenvalue weighted by Gasteiger charge is -2.05. The number of carbonyl (C=O) groups is 1. The molecule has 10 nitrogen and oxygen atoms in total. The number of hydrogen-bond acceptors (Lipinski definition) is 7. The van der Waals surface area contributed by atoms with Crippen LogP contribution in [-0.2, 0) is 6.54 Å². The summed E-state index contributed by atoms with van der Waals surface area (Å²) in [6.45, 7) is 0.309.